The molecule has 0 aliphatic heterocycles. The first-order valence-corrected chi connectivity index (χ1v) is 7.02. The Hall–Kier alpha value is -1.70. The minimum atomic E-state index is -0.527. The lowest BCUT2D eigenvalue weighted by Gasteiger charge is -2.10. The SMILES string of the molecule is C=CCC=CCOC(=O)NCC(N)c1csc(CO)n1. The summed E-state index contributed by atoms with van der Waals surface area (Å²) in [6.07, 6.45) is 5.57. The number of nitrogens with two attached hydrogens (primary N) is 1. The lowest BCUT2D eigenvalue weighted by molar-refractivity contribution is 0.157. The number of rotatable bonds is 8. The lowest BCUT2D eigenvalue weighted by Crippen LogP contribution is -2.32. The quantitative estimate of drug-likeness (QED) is 0.632. The van der Waals surface area contributed by atoms with Gasteiger partial charge >= 0.3 is 6.09 Å². The molecule has 110 valence electrons. The van der Waals surface area contributed by atoms with E-state index in [-0.39, 0.29) is 19.8 Å². The van der Waals surface area contributed by atoms with Crippen molar-refractivity contribution < 1.29 is 14.6 Å². The Labute approximate surface area is 122 Å². The van der Waals surface area contributed by atoms with E-state index in [1.54, 1.807) is 17.5 Å². The third kappa shape index (κ3) is 5.96. The highest BCUT2D eigenvalue weighted by molar-refractivity contribution is 7.09. The Morgan fingerprint density at radius 2 is 2.45 bits per heavy atom. The number of nitrogens with zero attached hydrogens (tertiary/aromatic N) is 1. The number of carbonyl (C=O) groups is 1. The summed E-state index contributed by atoms with van der Waals surface area (Å²) in [5, 5.41) is 13.8. The van der Waals surface area contributed by atoms with Gasteiger partial charge in [-0.3, -0.25) is 0 Å². The van der Waals surface area contributed by atoms with Crippen molar-refractivity contribution >= 4 is 17.4 Å². The molecule has 0 bridgehead atoms. The minimum Gasteiger partial charge on any atom is -0.445 e. The van der Waals surface area contributed by atoms with Gasteiger partial charge < -0.3 is 20.9 Å². The van der Waals surface area contributed by atoms with Gasteiger partial charge in [0.25, 0.3) is 0 Å². The van der Waals surface area contributed by atoms with Crippen molar-refractivity contribution in [1.82, 2.24) is 10.3 Å². The molecule has 6 nitrogen and oxygen atoms in total. The number of amides is 1. The molecule has 7 heteroatoms. The number of aromatic nitrogens is 1. The second-order valence-electron chi connectivity index (χ2n) is 3.91. The van der Waals surface area contributed by atoms with Crippen LogP contribution >= 0.6 is 11.3 Å². The van der Waals surface area contributed by atoms with E-state index in [1.807, 2.05) is 6.08 Å². The van der Waals surface area contributed by atoms with Crippen LogP contribution in [0.2, 0.25) is 0 Å². The second-order valence-corrected chi connectivity index (χ2v) is 4.85. The fourth-order valence-electron chi connectivity index (χ4n) is 1.30. The zero-order chi connectivity index (χ0) is 14.8. The Bertz CT molecular complexity index is 459. The van der Waals surface area contributed by atoms with E-state index >= 15 is 0 Å². The molecule has 0 saturated heterocycles. The molecule has 1 heterocycles. The third-order valence-corrected chi connectivity index (χ3v) is 3.18. The number of hydrogen-bond donors (Lipinski definition) is 3. The maximum Gasteiger partial charge on any atom is 0.407 e. The minimum absolute atomic E-state index is 0.107. The average Bonchev–Trinajstić information content (AvgIpc) is 2.93. The Kier molecular flexibility index (Phi) is 7.56. The van der Waals surface area contributed by atoms with Gasteiger partial charge in [0, 0.05) is 11.9 Å². The van der Waals surface area contributed by atoms with Gasteiger partial charge in [-0.1, -0.05) is 18.2 Å². The van der Waals surface area contributed by atoms with Crippen LogP contribution in [0.25, 0.3) is 0 Å². The van der Waals surface area contributed by atoms with Gasteiger partial charge in [0.2, 0.25) is 0 Å². The van der Waals surface area contributed by atoms with Gasteiger partial charge in [0.05, 0.1) is 18.3 Å². The van der Waals surface area contributed by atoms with Gasteiger partial charge in [0.1, 0.15) is 11.6 Å². The van der Waals surface area contributed by atoms with E-state index in [9.17, 15) is 4.79 Å². The van der Waals surface area contributed by atoms with E-state index in [1.165, 1.54) is 11.3 Å². The number of aliphatic hydroxyl groups excluding tert-OH is 1. The number of thiazole rings is 1. The molecular formula is C13H19N3O3S. The number of alkyl carbamates (subject to hydrolysis) is 1. The maximum absolute atomic E-state index is 11.4. The summed E-state index contributed by atoms with van der Waals surface area (Å²) in [5.74, 6) is 0. The van der Waals surface area contributed by atoms with E-state index in [0.29, 0.717) is 10.7 Å². The van der Waals surface area contributed by atoms with Crippen LogP contribution in [-0.4, -0.2) is 29.3 Å². The molecule has 4 N–H and O–H groups in total. The molecule has 20 heavy (non-hydrogen) atoms. The molecule has 0 fully saturated rings. The van der Waals surface area contributed by atoms with Crippen LogP contribution < -0.4 is 11.1 Å². The molecule has 0 spiro atoms. The first-order chi connectivity index (χ1) is 9.67. The first-order valence-electron chi connectivity index (χ1n) is 6.14. The maximum atomic E-state index is 11.4. The number of hydrogen-bond acceptors (Lipinski definition) is 6. The first kappa shape index (κ1) is 16.4. The molecule has 0 radical (unpaired) electrons. The average molecular weight is 297 g/mol. The van der Waals surface area contributed by atoms with Gasteiger partial charge in [-0.25, -0.2) is 9.78 Å². The number of allylic oxidation sites excluding steroid dienone is 2. The number of ether oxygens (including phenoxy) is 1. The second kappa shape index (κ2) is 9.24. The van der Waals surface area contributed by atoms with E-state index < -0.39 is 12.1 Å². The number of nitrogens with one attached hydrogen (secondary N) is 1. The Morgan fingerprint density at radius 1 is 1.65 bits per heavy atom. The van der Waals surface area contributed by atoms with Crippen molar-refractivity contribution in [3.8, 4) is 0 Å². The molecule has 1 atom stereocenters. The van der Waals surface area contributed by atoms with E-state index in [4.69, 9.17) is 15.6 Å². The highest BCUT2D eigenvalue weighted by Crippen LogP contribution is 2.14. The van der Waals surface area contributed by atoms with Gasteiger partial charge in [-0.05, 0) is 6.42 Å². The molecule has 1 aromatic heterocycles. The summed E-state index contributed by atoms with van der Waals surface area (Å²) >= 11 is 1.33. The zero-order valence-electron chi connectivity index (χ0n) is 11.1. The molecular weight excluding hydrogens is 278 g/mol. The molecule has 0 saturated carbocycles. The molecule has 0 aliphatic rings. The molecule has 1 aromatic rings. The number of aliphatic hydroxyl groups is 1. The summed E-state index contributed by atoms with van der Waals surface area (Å²) < 4.78 is 4.92. The summed E-state index contributed by atoms with van der Waals surface area (Å²) in [4.78, 5) is 15.5. The molecule has 1 unspecified atom stereocenters. The van der Waals surface area contributed by atoms with Crippen LogP contribution in [0.5, 0.6) is 0 Å². The van der Waals surface area contributed by atoms with Crippen molar-refractivity contribution in [3.05, 3.63) is 40.9 Å². The highest BCUT2D eigenvalue weighted by Gasteiger charge is 2.12. The summed E-state index contributed by atoms with van der Waals surface area (Å²) in [6, 6.07) is -0.421. The zero-order valence-corrected chi connectivity index (χ0v) is 11.9. The van der Waals surface area contributed by atoms with Crippen molar-refractivity contribution in [3.63, 3.8) is 0 Å². The van der Waals surface area contributed by atoms with Crippen molar-refractivity contribution in [2.75, 3.05) is 13.2 Å². The van der Waals surface area contributed by atoms with Crippen molar-refractivity contribution in [2.45, 2.75) is 19.1 Å². The predicted molar refractivity (Wildman–Crippen MR) is 78.3 cm³/mol. The Morgan fingerprint density at radius 3 is 3.10 bits per heavy atom. The van der Waals surface area contributed by atoms with Gasteiger partial charge in [-0.2, -0.15) is 0 Å². The smallest absolute Gasteiger partial charge is 0.407 e. The van der Waals surface area contributed by atoms with Crippen LogP contribution in [0.15, 0.2) is 30.2 Å². The van der Waals surface area contributed by atoms with Crippen molar-refractivity contribution in [1.29, 1.82) is 0 Å². The van der Waals surface area contributed by atoms with E-state index in [0.717, 1.165) is 6.42 Å². The standard InChI is InChI=1S/C13H19N3O3S/c1-2-3-4-5-6-19-13(18)15-7-10(14)11-9-20-12(8-17)16-11/h2,4-5,9-10,17H,1,3,6-8,14H2,(H,15,18). The molecule has 0 aromatic carbocycles. The topological polar surface area (TPSA) is 97.5 Å². The van der Waals surface area contributed by atoms with Crippen LogP contribution in [0, 0.1) is 0 Å². The van der Waals surface area contributed by atoms with Crippen molar-refractivity contribution in [2.24, 2.45) is 5.73 Å². The molecule has 1 amide bonds. The fourth-order valence-corrected chi connectivity index (χ4v) is 2.02. The normalized spacial score (nSPS) is 12.3. The van der Waals surface area contributed by atoms with Gasteiger partial charge in [0.15, 0.2) is 0 Å². The summed E-state index contributed by atoms with van der Waals surface area (Å²) in [7, 11) is 0. The fraction of sp³-hybridized carbons (Fsp3) is 0.385. The predicted octanol–water partition coefficient (Wildman–Crippen LogP) is 1.49. The van der Waals surface area contributed by atoms with Crippen LogP contribution in [0.4, 0.5) is 4.79 Å². The molecule has 0 aliphatic carbocycles. The van der Waals surface area contributed by atoms with Crippen LogP contribution in [0.1, 0.15) is 23.2 Å². The highest BCUT2D eigenvalue weighted by atomic mass is 32.1. The van der Waals surface area contributed by atoms with Crippen LogP contribution in [0.3, 0.4) is 0 Å². The van der Waals surface area contributed by atoms with Gasteiger partial charge in [-0.15, -0.1) is 17.9 Å². The Balaban J connectivity index is 2.24. The summed E-state index contributed by atoms with van der Waals surface area (Å²) in [5.41, 5.74) is 6.52. The van der Waals surface area contributed by atoms with Crippen LogP contribution in [-0.2, 0) is 11.3 Å². The largest absolute Gasteiger partial charge is 0.445 e. The third-order valence-electron chi connectivity index (χ3n) is 2.33. The monoisotopic (exact) mass is 297 g/mol. The molecule has 1 rings (SSSR count). The number of carbonyl (C=O) groups excluding carboxylic acids is 1. The summed E-state index contributed by atoms with van der Waals surface area (Å²) in [6.45, 7) is 3.90. The van der Waals surface area contributed by atoms with E-state index in [2.05, 4.69) is 16.9 Å². The lowest BCUT2D eigenvalue weighted by atomic mass is 10.2.